The van der Waals surface area contributed by atoms with E-state index in [2.05, 4.69) is 0 Å². The van der Waals surface area contributed by atoms with Crippen LogP contribution in [0.2, 0.25) is 5.02 Å². The van der Waals surface area contributed by atoms with Crippen molar-refractivity contribution in [1.29, 1.82) is 0 Å². The van der Waals surface area contributed by atoms with E-state index in [1.54, 1.807) is 18.2 Å². The number of halogens is 1. The maximum atomic E-state index is 12.1. The minimum absolute atomic E-state index is 0.131. The Kier molecular flexibility index (Phi) is 3.52. The first-order valence-corrected chi connectivity index (χ1v) is 7.11. The van der Waals surface area contributed by atoms with Gasteiger partial charge in [-0.05, 0) is 30.9 Å². The van der Waals surface area contributed by atoms with Gasteiger partial charge in [0.2, 0.25) is 0 Å². The molecule has 0 spiro atoms. The fourth-order valence-electron chi connectivity index (χ4n) is 2.23. The Morgan fingerprint density at radius 3 is 2.60 bits per heavy atom. The van der Waals surface area contributed by atoms with Crippen LogP contribution in [0.25, 0.3) is 0 Å². The van der Waals surface area contributed by atoms with Gasteiger partial charge in [0.1, 0.15) is 0 Å². The van der Waals surface area contributed by atoms with E-state index in [9.17, 15) is 9.59 Å². The molecule has 1 aromatic carbocycles. The molecule has 20 heavy (non-hydrogen) atoms. The standard InChI is InChI=1S/C15H15ClO4/c16-13-5-8(14(17)11-6-12(11)15(18)19)1-2-9(13)7-20-10-3-4-10/h1-2,5,10-12H,3-4,6-7H2,(H,18,19). The summed E-state index contributed by atoms with van der Waals surface area (Å²) in [4.78, 5) is 22.9. The maximum absolute atomic E-state index is 12.1. The molecule has 2 aliphatic carbocycles. The second-order valence-corrected chi connectivity index (χ2v) is 5.87. The number of aliphatic carboxylic acids is 1. The fourth-order valence-corrected chi connectivity index (χ4v) is 2.47. The van der Waals surface area contributed by atoms with Crippen LogP contribution in [0.3, 0.4) is 0 Å². The molecule has 5 heteroatoms. The molecule has 1 N–H and O–H groups in total. The molecule has 0 aliphatic heterocycles. The largest absolute Gasteiger partial charge is 0.481 e. The van der Waals surface area contributed by atoms with Gasteiger partial charge < -0.3 is 9.84 Å². The van der Waals surface area contributed by atoms with E-state index in [-0.39, 0.29) is 5.78 Å². The van der Waals surface area contributed by atoms with E-state index in [0.717, 1.165) is 18.4 Å². The smallest absolute Gasteiger partial charge is 0.307 e. The van der Waals surface area contributed by atoms with Crippen molar-refractivity contribution in [2.75, 3.05) is 0 Å². The second-order valence-electron chi connectivity index (χ2n) is 5.47. The molecule has 2 unspecified atom stereocenters. The third kappa shape index (κ3) is 2.86. The SMILES string of the molecule is O=C(O)C1CC1C(=O)c1ccc(COC2CC2)c(Cl)c1. The van der Waals surface area contributed by atoms with Crippen molar-refractivity contribution in [3.05, 3.63) is 34.3 Å². The summed E-state index contributed by atoms with van der Waals surface area (Å²) in [6.07, 6.45) is 2.99. The quantitative estimate of drug-likeness (QED) is 0.819. The van der Waals surface area contributed by atoms with Crippen molar-refractivity contribution in [2.24, 2.45) is 11.8 Å². The molecule has 2 aliphatic rings. The van der Waals surface area contributed by atoms with E-state index in [1.807, 2.05) is 0 Å². The van der Waals surface area contributed by atoms with Gasteiger partial charge in [-0.15, -0.1) is 0 Å². The average molecular weight is 295 g/mol. The highest BCUT2D eigenvalue weighted by Crippen LogP contribution is 2.41. The third-order valence-electron chi connectivity index (χ3n) is 3.78. The van der Waals surface area contributed by atoms with Crippen LogP contribution in [0, 0.1) is 11.8 Å². The first-order chi connectivity index (χ1) is 9.56. The van der Waals surface area contributed by atoms with Gasteiger partial charge >= 0.3 is 5.97 Å². The number of carboxylic acids is 1. The number of rotatable bonds is 6. The minimum atomic E-state index is -0.899. The van der Waals surface area contributed by atoms with Crippen LogP contribution in [0.5, 0.6) is 0 Å². The van der Waals surface area contributed by atoms with Gasteiger partial charge in [0.05, 0.1) is 18.6 Å². The molecule has 3 rings (SSSR count). The van der Waals surface area contributed by atoms with Crippen LogP contribution in [-0.2, 0) is 16.1 Å². The third-order valence-corrected chi connectivity index (χ3v) is 4.13. The molecule has 106 valence electrons. The van der Waals surface area contributed by atoms with Gasteiger partial charge in [0.25, 0.3) is 0 Å². The van der Waals surface area contributed by atoms with Crippen molar-refractivity contribution in [2.45, 2.75) is 32.0 Å². The molecule has 0 amide bonds. The van der Waals surface area contributed by atoms with E-state index in [4.69, 9.17) is 21.4 Å². The van der Waals surface area contributed by atoms with Crippen LogP contribution in [0.15, 0.2) is 18.2 Å². The van der Waals surface area contributed by atoms with Gasteiger partial charge in [0, 0.05) is 16.5 Å². The number of ether oxygens (including phenoxy) is 1. The molecule has 0 heterocycles. The predicted molar refractivity (Wildman–Crippen MR) is 72.8 cm³/mol. The number of hydrogen-bond acceptors (Lipinski definition) is 3. The number of ketones is 1. The van der Waals surface area contributed by atoms with Crippen molar-refractivity contribution < 1.29 is 19.4 Å². The van der Waals surface area contributed by atoms with Crippen molar-refractivity contribution in [3.8, 4) is 0 Å². The molecule has 0 saturated heterocycles. The van der Waals surface area contributed by atoms with Crippen LogP contribution in [0.1, 0.15) is 35.2 Å². The summed E-state index contributed by atoms with van der Waals surface area (Å²) < 4.78 is 5.58. The molecule has 2 saturated carbocycles. The van der Waals surface area contributed by atoms with E-state index < -0.39 is 17.8 Å². The maximum Gasteiger partial charge on any atom is 0.307 e. The number of Topliss-reactive ketones (excluding diaryl/α,β-unsaturated/α-hetero) is 1. The van der Waals surface area contributed by atoms with E-state index in [0.29, 0.717) is 29.7 Å². The Balaban J connectivity index is 1.66. The van der Waals surface area contributed by atoms with Crippen LogP contribution >= 0.6 is 11.6 Å². The lowest BCUT2D eigenvalue weighted by Crippen LogP contribution is -2.08. The van der Waals surface area contributed by atoms with Gasteiger partial charge in [-0.1, -0.05) is 23.7 Å². The first-order valence-electron chi connectivity index (χ1n) is 6.73. The zero-order valence-corrected chi connectivity index (χ0v) is 11.6. The van der Waals surface area contributed by atoms with E-state index >= 15 is 0 Å². The Labute approximate surface area is 121 Å². The fraction of sp³-hybridized carbons (Fsp3) is 0.467. The predicted octanol–water partition coefficient (Wildman–Crippen LogP) is 2.92. The molecular weight excluding hydrogens is 280 g/mol. The molecule has 1 aromatic rings. The van der Waals surface area contributed by atoms with E-state index in [1.165, 1.54) is 0 Å². The Morgan fingerprint density at radius 2 is 2.05 bits per heavy atom. The molecule has 2 atom stereocenters. The molecule has 4 nitrogen and oxygen atoms in total. The van der Waals surface area contributed by atoms with Crippen LogP contribution in [0.4, 0.5) is 0 Å². The zero-order chi connectivity index (χ0) is 14.3. The lowest BCUT2D eigenvalue weighted by atomic mass is 10.0. The normalized spacial score (nSPS) is 24.4. The van der Waals surface area contributed by atoms with Crippen molar-refractivity contribution in [3.63, 3.8) is 0 Å². The van der Waals surface area contributed by atoms with Crippen molar-refractivity contribution >= 4 is 23.4 Å². The summed E-state index contributed by atoms with van der Waals surface area (Å²) in [5, 5.41) is 9.35. The summed E-state index contributed by atoms with van der Waals surface area (Å²) in [6.45, 7) is 0.457. The van der Waals surface area contributed by atoms with Crippen LogP contribution in [-0.4, -0.2) is 23.0 Å². The number of carbonyl (C=O) groups is 2. The molecule has 2 fully saturated rings. The Hall–Kier alpha value is -1.39. The lowest BCUT2D eigenvalue weighted by molar-refractivity contribution is -0.138. The molecule has 0 radical (unpaired) electrons. The summed E-state index contributed by atoms with van der Waals surface area (Å²) in [5.41, 5.74) is 1.35. The van der Waals surface area contributed by atoms with Crippen LogP contribution < -0.4 is 0 Å². The first kappa shape index (κ1) is 13.6. The molecular formula is C15H15ClO4. The number of benzene rings is 1. The number of hydrogen-bond donors (Lipinski definition) is 1. The summed E-state index contributed by atoms with van der Waals surface area (Å²) >= 11 is 6.15. The average Bonchev–Trinajstić information content (AvgIpc) is 3.27. The number of carbonyl (C=O) groups excluding carboxylic acids is 1. The molecule has 0 aromatic heterocycles. The van der Waals surface area contributed by atoms with Gasteiger partial charge in [-0.3, -0.25) is 9.59 Å². The molecule has 0 bridgehead atoms. The highest BCUT2D eigenvalue weighted by atomic mass is 35.5. The van der Waals surface area contributed by atoms with Crippen molar-refractivity contribution in [1.82, 2.24) is 0 Å². The van der Waals surface area contributed by atoms with Gasteiger partial charge in [0.15, 0.2) is 5.78 Å². The summed E-state index contributed by atoms with van der Waals surface area (Å²) in [6, 6.07) is 5.11. The zero-order valence-electron chi connectivity index (χ0n) is 10.8. The monoisotopic (exact) mass is 294 g/mol. The topological polar surface area (TPSA) is 63.6 Å². The summed E-state index contributed by atoms with van der Waals surface area (Å²) in [5.74, 6) is -1.95. The lowest BCUT2D eigenvalue weighted by Gasteiger charge is -2.07. The highest BCUT2D eigenvalue weighted by molar-refractivity contribution is 6.31. The summed E-state index contributed by atoms with van der Waals surface area (Å²) in [7, 11) is 0. The van der Waals surface area contributed by atoms with Gasteiger partial charge in [-0.2, -0.15) is 0 Å². The highest BCUT2D eigenvalue weighted by Gasteiger charge is 2.48. The second kappa shape index (κ2) is 5.19. The Morgan fingerprint density at radius 1 is 1.30 bits per heavy atom. The Bertz CT molecular complexity index is 565. The van der Waals surface area contributed by atoms with Gasteiger partial charge in [-0.25, -0.2) is 0 Å². The number of carboxylic acid groups (broad SMARTS) is 1. The minimum Gasteiger partial charge on any atom is -0.481 e.